The van der Waals surface area contributed by atoms with E-state index in [2.05, 4.69) is 59.4 Å². The molecule has 0 saturated carbocycles. The smallest absolute Gasteiger partial charge is 0.146 e. The monoisotopic (exact) mass is 308 g/mol. The third-order valence-corrected chi connectivity index (χ3v) is 3.86. The van der Waals surface area contributed by atoms with Gasteiger partial charge in [-0.25, -0.2) is 9.97 Å². The van der Waals surface area contributed by atoms with Crippen LogP contribution in [0, 0.1) is 0 Å². The first-order valence-electron chi connectivity index (χ1n) is 7.38. The second-order valence-corrected chi connectivity index (χ2v) is 6.21. The maximum atomic E-state index is 5.58. The predicted octanol–water partition coefficient (Wildman–Crippen LogP) is 2.98. The SMILES string of the molecule is CCNc1nc(CN(C)CCOC(C)C)nc2sccc12. The highest BCUT2D eigenvalue weighted by atomic mass is 32.1. The molecule has 5 nitrogen and oxygen atoms in total. The van der Waals surface area contributed by atoms with E-state index in [4.69, 9.17) is 4.74 Å². The Kier molecular flexibility index (Phi) is 5.90. The average Bonchev–Trinajstić information content (AvgIpc) is 2.87. The number of fused-ring (bicyclic) bond motifs is 1. The molecule has 1 N–H and O–H groups in total. The molecule has 0 aliphatic rings. The van der Waals surface area contributed by atoms with E-state index >= 15 is 0 Å². The van der Waals surface area contributed by atoms with Gasteiger partial charge >= 0.3 is 0 Å². The molecule has 0 aromatic carbocycles. The number of hydrogen-bond acceptors (Lipinski definition) is 6. The molecule has 0 amide bonds. The molecule has 0 atom stereocenters. The van der Waals surface area contributed by atoms with Gasteiger partial charge < -0.3 is 10.1 Å². The zero-order valence-corrected chi connectivity index (χ0v) is 14.0. The summed E-state index contributed by atoms with van der Waals surface area (Å²) in [4.78, 5) is 12.5. The van der Waals surface area contributed by atoms with Crippen molar-refractivity contribution in [1.82, 2.24) is 14.9 Å². The number of hydrogen-bond donors (Lipinski definition) is 1. The molecule has 0 bridgehead atoms. The van der Waals surface area contributed by atoms with Crippen LogP contribution < -0.4 is 5.32 Å². The summed E-state index contributed by atoms with van der Waals surface area (Å²) in [5.41, 5.74) is 0. The maximum Gasteiger partial charge on any atom is 0.146 e. The molecule has 6 heteroatoms. The average molecular weight is 308 g/mol. The fourth-order valence-corrected chi connectivity index (χ4v) is 2.82. The number of likely N-dealkylation sites (N-methyl/N-ethyl adjacent to an activating group) is 1. The summed E-state index contributed by atoms with van der Waals surface area (Å²) in [6.45, 7) is 9.38. The lowest BCUT2D eigenvalue weighted by atomic mass is 10.3. The molecular weight excluding hydrogens is 284 g/mol. The van der Waals surface area contributed by atoms with Gasteiger partial charge in [-0.1, -0.05) is 0 Å². The van der Waals surface area contributed by atoms with Gasteiger partial charge in [-0.15, -0.1) is 11.3 Å². The van der Waals surface area contributed by atoms with Gasteiger partial charge in [0.05, 0.1) is 24.6 Å². The van der Waals surface area contributed by atoms with Crippen LogP contribution in [0.2, 0.25) is 0 Å². The number of nitrogens with zero attached hydrogens (tertiary/aromatic N) is 3. The number of rotatable bonds is 8. The van der Waals surface area contributed by atoms with Crippen LogP contribution in [-0.4, -0.2) is 47.7 Å². The molecule has 2 rings (SSSR count). The van der Waals surface area contributed by atoms with E-state index in [-0.39, 0.29) is 6.10 Å². The van der Waals surface area contributed by atoms with Gasteiger partial charge in [0.2, 0.25) is 0 Å². The topological polar surface area (TPSA) is 50.3 Å². The first-order chi connectivity index (χ1) is 10.1. The van der Waals surface area contributed by atoms with Gasteiger partial charge in [-0.3, -0.25) is 4.90 Å². The molecular formula is C15H24N4OS. The maximum absolute atomic E-state index is 5.58. The van der Waals surface area contributed by atoms with Gasteiger partial charge in [0.25, 0.3) is 0 Å². The van der Waals surface area contributed by atoms with Crippen molar-refractivity contribution >= 4 is 27.4 Å². The number of aromatic nitrogens is 2. The lowest BCUT2D eigenvalue weighted by Crippen LogP contribution is -2.25. The molecule has 2 aromatic heterocycles. The van der Waals surface area contributed by atoms with E-state index in [1.807, 2.05) is 0 Å². The van der Waals surface area contributed by atoms with Gasteiger partial charge in [-0.05, 0) is 39.3 Å². The molecule has 116 valence electrons. The minimum atomic E-state index is 0.275. The van der Waals surface area contributed by atoms with E-state index < -0.39 is 0 Å². The van der Waals surface area contributed by atoms with Crippen LogP contribution >= 0.6 is 11.3 Å². The summed E-state index contributed by atoms with van der Waals surface area (Å²) in [5, 5.41) is 6.49. The normalized spacial score (nSPS) is 11.7. The van der Waals surface area contributed by atoms with Crippen molar-refractivity contribution in [2.75, 3.05) is 32.1 Å². The lowest BCUT2D eigenvalue weighted by Gasteiger charge is -2.17. The fourth-order valence-electron chi connectivity index (χ4n) is 2.04. The molecule has 0 fully saturated rings. The van der Waals surface area contributed by atoms with Gasteiger partial charge in [0.1, 0.15) is 16.5 Å². The van der Waals surface area contributed by atoms with Crippen molar-refractivity contribution in [3.05, 3.63) is 17.3 Å². The second-order valence-electron chi connectivity index (χ2n) is 5.32. The molecule has 0 unspecified atom stereocenters. The highest BCUT2D eigenvalue weighted by molar-refractivity contribution is 7.16. The van der Waals surface area contributed by atoms with Crippen LogP contribution in [0.3, 0.4) is 0 Å². The van der Waals surface area contributed by atoms with Gasteiger partial charge in [0, 0.05) is 13.1 Å². The number of ether oxygens (including phenoxy) is 1. The van der Waals surface area contributed by atoms with Crippen LogP contribution in [0.15, 0.2) is 11.4 Å². The first kappa shape index (κ1) is 16.1. The van der Waals surface area contributed by atoms with E-state index in [0.717, 1.165) is 48.1 Å². The minimum absolute atomic E-state index is 0.275. The largest absolute Gasteiger partial charge is 0.377 e. The minimum Gasteiger partial charge on any atom is -0.377 e. The lowest BCUT2D eigenvalue weighted by molar-refractivity contribution is 0.0623. The van der Waals surface area contributed by atoms with E-state index in [1.165, 1.54) is 0 Å². The van der Waals surface area contributed by atoms with Crippen LogP contribution in [0.5, 0.6) is 0 Å². The van der Waals surface area contributed by atoms with Crippen LogP contribution in [0.1, 0.15) is 26.6 Å². The summed E-state index contributed by atoms with van der Waals surface area (Å²) in [7, 11) is 2.07. The van der Waals surface area contributed by atoms with Crippen molar-refractivity contribution in [2.45, 2.75) is 33.4 Å². The zero-order valence-electron chi connectivity index (χ0n) is 13.2. The molecule has 0 radical (unpaired) electrons. The molecule has 0 aliphatic carbocycles. The Balaban J connectivity index is 2.03. The Morgan fingerprint density at radius 3 is 2.90 bits per heavy atom. The van der Waals surface area contributed by atoms with E-state index in [9.17, 15) is 0 Å². The zero-order chi connectivity index (χ0) is 15.2. The van der Waals surface area contributed by atoms with Crippen molar-refractivity contribution < 1.29 is 4.74 Å². The molecule has 0 aliphatic heterocycles. The first-order valence-corrected chi connectivity index (χ1v) is 8.26. The molecule has 2 aromatic rings. The van der Waals surface area contributed by atoms with E-state index in [0.29, 0.717) is 0 Å². The standard InChI is InChI=1S/C15H24N4OS/c1-5-16-14-12-6-9-21-15(12)18-13(17-14)10-19(4)7-8-20-11(2)3/h6,9,11H,5,7-8,10H2,1-4H3,(H,16,17,18). The summed E-state index contributed by atoms with van der Waals surface area (Å²) in [5.74, 6) is 1.79. The summed E-state index contributed by atoms with van der Waals surface area (Å²) in [6, 6.07) is 2.07. The van der Waals surface area contributed by atoms with Crippen molar-refractivity contribution in [3.63, 3.8) is 0 Å². The van der Waals surface area contributed by atoms with Crippen LogP contribution in [0.25, 0.3) is 10.2 Å². The summed E-state index contributed by atoms with van der Waals surface area (Å²) in [6.07, 6.45) is 0.275. The third-order valence-electron chi connectivity index (χ3n) is 3.05. The van der Waals surface area contributed by atoms with Crippen molar-refractivity contribution in [1.29, 1.82) is 0 Å². The third kappa shape index (κ3) is 4.62. The van der Waals surface area contributed by atoms with Gasteiger partial charge in [-0.2, -0.15) is 0 Å². The predicted molar refractivity (Wildman–Crippen MR) is 89.0 cm³/mol. The highest BCUT2D eigenvalue weighted by Gasteiger charge is 2.10. The van der Waals surface area contributed by atoms with Crippen molar-refractivity contribution in [3.8, 4) is 0 Å². The quantitative estimate of drug-likeness (QED) is 0.812. The van der Waals surface area contributed by atoms with Crippen LogP contribution in [-0.2, 0) is 11.3 Å². The Labute approximate surface area is 130 Å². The molecule has 2 heterocycles. The number of thiophene rings is 1. The Morgan fingerprint density at radius 2 is 2.19 bits per heavy atom. The number of anilines is 1. The molecule has 0 spiro atoms. The fraction of sp³-hybridized carbons (Fsp3) is 0.600. The van der Waals surface area contributed by atoms with Crippen molar-refractivity contribution in [2.24, 2.45) is 0 Å². The summed E-state index contributed by atoms with van der Waals surface area (Å²) < 4.78 is 5.58. The summed E-state index contributed by atoms with van der Waals surface area (Å²) >= 11 is 1.66. The molecule has 21 heavy (non-hydrogen) atoms. The van der Waals surface area contributed by atoms with E-state index in [1.54, 1.807) is 11.3 Å². The van der Waals surface area contributed by atoms with Gasteiger partial charge in [0.15, 0.2) is 0 Å². The second kappa shape index (κ2) is 7.68. The molecule has 0 saturated heterocycles. The Morgan fingerprint density at radius 1 is 1.38 bits per heavy atom. The van der Waals surface area contributed by atoms with Crippen LogP contribution in [0.4, 0.5) is 5.82 Å². The Bertz CT molecular complexity index is 570. The Hall–Kier alpha value is -1.24. The highest BCUT2D eigenvalue weighted by Crippen LogP contribution is 2.25. The number of nitrogens with one attached hydrogen (secondary N) is 1.